The number of anilines is 3. The molecule has 2 N–H and O–H groups in total. The quantitative estimate of drug-likeness (QED) is 0.889. The van der Waals surface area contributed by atoms with Gasteiger partial charge in [-0.05, 0) is 30.2 Å². The second-order valence-electron chi connectivity index (χ2n) is 4.70. The van der Waals surface area contributed by atoms with Gasteiger partial charge in [0.05, 0.1) is 11.6 Å². The highest BCUT2D eigenvalue weighted by molar-refractivity contribution is 5.66. The summed E-state index contributed by atoms with van der Waals surface area (Å²) in [6.45, 7) is 4.20. The maximum absolute atomic E-state index is 8.80. The number of hydrogen-bond acceptors (Lipinski definition) is 5. The van der Waals surface area contributed by atoms with Crippen LogP contribution in [0.25, 0.3) is 0 Å². The molecule has 0 atom stereocenters. The van der Waals surface area contributed by atoms with Crippen LogP contribution in [-0.2, 0) is 0 Å². The third kappa shape index (κ3) is 2.86. The summed E-state index contributed by atoms with van der Waals surface area (Å²) >= 11 is 0. The number of benzene rings is 1. The van der Waals surface area contributed by atoms with Crippen LogP contribution in [0.1, 0.15) is 30.9 Å². The Bertz CT molecular complexity index is 626. The van der Waals surface area contributed by atoms with Crippen molar-refractivity contribution in [2.75, 3.05) is 17.7 Å². The fraction of sp³-hybridized carbons (Fsp3) is 0.267. The van der Waals surface area contributed by atoms with Crippen molar-refractivity contribution in [2.45, 2.75) is 19.8 Å². The Kier molecular flexibility index (Phi) is 4.16. The second-order valence-corrected chi connectivity index (χ2v) is 4.70. The van der Waals surface area contributed by atoms with E-state index in [-0.39, 0.29) is 0 Å². The zero-order valence-corrected chi connectivity index (χ0v) is 11.8. The highest BCUT2D eigenvalue weighted by Crippen LogP contribution is 2.29. The molecule has 1 aromatic heterocycles. The predicted octanol–water partition coefficient (Wildman–Crippen LogP) is 3.26. The van der Waals surface area contributed by atoms with Gasteiger partial charge in [0.2, 0.25) is 0 Å². The second kappa shape index (κ2) is 6.02. The minimum Gasteiger partial charge on any atom is -0.373 e. The van der Waals surface area contributed by atoms with Crippen molar-refractivity contribution in [3.63, 3.8) is 0 Å². The molecule has 0 spiro atoms. The lowest BCUT2D eigenvalue weighted by Crippen LogP contribution is -2.06. The summed E-state index contributed by atoms with van der Waals surface area (Å²) in [6, 6.07) is 9.38. The molecule has 0 fully saturated rings. The van der Waals surface area contributed by atoms with E-state index >= 15 is 0 Å². The third-order valence-corrected chi connectivity index (χ3v) is 2.97. The molecule has 0 aliphatic carbocycles. The van der Waals surface area contributed by atoms with Crippen LogP contribution < -0.4 is 10.6 Å². The molecule has 0 aliphatic rings. The van der Waals surface area contributed by atoms with Crippen LogP contribution in [0, 0.1) is 11.3 Å². The molecule has 5 nitrogen and oxygen atoms in total. The van der Waals surface area contributed by atoms with Crippen molar-refractivity contribution < 1.29 is 0 Å². The van der Waals surface area contributed by atoms with Gasteiger partial charge in [-0.2, -0.15) is 5.26 Å². The summed E-state index contributed by atoms with van der Waals surface area (Å²) in [4.78, 5) is 8.56. The Hall–Kier alpha value is -2.61. The number of nitrogens with zero attached hydrogens (tertiary/aromatic N) is 3. The lowest BCUT2D eigenvalue weighted by molar-refractivity contribution is 0.852. The first-order valence-electron chi connectivity index (χ1n) is 6.45. The van der Waals surface area contributed by atoms with Gasteiger partial charge in [-0.15, -0.1) is 0 Å². The van der Waals surface area contributed by atoms with Crippen LogP contribution in [-0.4, -0.2) is 17.0 Å². The van der Waals surface area contributed by atoms with Crippen LogP contribution in [0.4, 0.5) is 17.3 Å². The van der Waals surface area contributed by atoms with Gasteiger partial charge < -0.3 is 10.6 Å². The van der Waals surface area contributed by atoms with Crippen molar-refractivity contribution >= 4 is 17.3 Å². The Labute approximate surface area is 118 Å². The average Bonchev–Trinajstić information content (AvgIpc) is 2.47. The SMILES string of the molecule is CNc1ncnc(Nc2ccc(C#N)cc2)c1C(C)C. The molecule has 0 aliphatic heterocycles. The Morgan fingerprint density at radius 2 is 1.75 bits per heavy atom. The molecule has 1 aromatic carbocycles. The average molecular weight is 267 g/mol. The number of nitrogens with one attached hydrogen (secondary N) is 2. The molecular weight excluding hydrogens is 250 g/mol. The highest BCUT2D eigenvalue weighted by Gasteiger charge is 2.14. The first kappa shape index (κ1) is 13.8. The number of rotatable bonds is 4. The van der Waals surface area contributed by atoms with E-state index in [1.165, 1.54) is 6.33 Å². The lowest BCUT2D eigenvalue weighted by atomic mass is 10.0. The van der Waals surface area contributed by atoms with E-state index < -0.39 is 0 Å². The van der Waals surface area contributed by atoms with E-state index in [0.717, 1.165) is 22.9 Å². The maximum Gasteiger partial charge on any atom is 0.139 e. The van der Waals surface area contributed by atoms with Gasteiger partial charge >= 0.3 is 0 Å². The molecule has 0 radical (unpaired) electrons. The minimum absolute atomic E-state index is 0.291. The first-order valence-corrected chi connectivity index (χ1v) is 6.45. The fourth-order valence-electron chi connectivity index (χ4n) is 2.01. The lowest BCUT2D eigenvalue weighted by Gasteiger charge is -2.16. The van der Waals surface area contributed by atoms with Gasteiger partial charge in [0.25, 0.3) is 0 Å². The molecule has 0 saturated heterocycles. The van der Waals surface area contributed by atoms with Gasteiger partial charge in [0.1, 0.15) is 18.0 Å². The number of nitriles is 1. The maximum atomic E-state index is 8.80. The van der Waals surface area contributed by atoms with E-state index in [2.05, 4.69) is 40.5 Å². The molecule has 1 heterocycles. The molecule has 2 aromatic rings. The van der Waals surface area contributed by atoms with Crippen molar-refractivity contribution in [3.05, 3.63) is 41.7 Å². The smallest absolute Gasteiger partial charge is 0.139 e. The predicted molar refractivity (Wildman–Crippen MR) is 80.1 cm³/mol. The topological polar surface area (TPSA) is 73.6 Å². The van der Waals surface area contributed by atoms with Gasteiger partial charge in [-0.1, -0.05) is 13.8 Å². The van der Waals surface area contributed by atoms with Crippen LogP contribution in [0.3, 0.4) is 0 Å². The number of hydrogen-bond donors (Lipinski definition) is 2. The molecule has 0 amide bonds. The molecule has 0 bridgehead atoms. The van der Waals surface area contributed by atoms with Crippen molar-refractivity contribution in [1.29, 1.82) is 5.26 Å². The zero-order chi connectivity index (χ0) is 14.5. The third-order valence-electron chi connectivity index (χ3n) is 2.97. The van der Waals surface area contributed by atoms with Gasteiger partial charge in [-0.3, -0.25) is 0 Å². The highest BCUT2D eigenvalue weighted by atomic mass is 15.1. The Morgan fingerprint density at radius 1 is 1.10 bits per heavy atom. The molecule has 0 saturated carbocycles. The van der Waals surface area contributed by atoms with Crippen molar-refractivity contribution in [3.8, 4) is 6.07 Å². The van der Waals surface area contributed by atoms with Crippen LogP contribution in [0.2, 0.25) is 0 Å². The van der Waals surface area contributed by atoms with Gasteiger partial charge in [0, 0.05) is 18.3 Å². The zero-order valence-electron chi connectivity index (χ0n) is 11.8. The normalized spacial score (nSPS) is 10.2. The van der Waals surface area contributed by atoms with Crippen LogP contribution >= 0.6 is 0 Å². The molecule has 2 rings (SSSR count). The van der Waals surface area contributed by atoms with Gasteiger partial charge in [0.15, 0.2) is 0 Å². The summed E-state index contributed by atoms with van der Waals surface area (Å²) in [5.41, 5.74) is 2.57. The van der Waals surface area contributed by atoms with E-state index in [4.69, 9.17) is 5.26 Å². The standard InChI is InChI=1S/C15H17N5/c1-10(2)13-14(17-3)18-9-19-15(13)20-12-6-4-11(8-16)5-7-12/h4-7,9-10H,1-3H3,(H2,17,18,19,20). The molecule has 5 heteroatoms. The monoisotopic (exact) mass is 267 g/mol. The summed E-state index contributed by atoms with van der Waals surface area (Å²) in [5.74, 6) is 1.90. The molecule has 20 heavy (non-hydrogen) atoms. The number of aromatic nitrogens is 2. The van der Waals surface area contributed by atoms with Crippen LogP contribution in [0.15, 0.2) is 30.6 Å². The first-order chi connectivity index (χ1) is 9.65. The summed E-state index contributed by atoms with van der Waals surface area (Å²) in [7, 11) is 1.85. The minimum atomic E-state index is 0.291. The fourth-order valence-corrected chi connectivity index (χ4v) is 2.01. The van der Waals surface area contributed by atoms with Crippen LogP contribution in [0.5, 0.6) is 0 Å². The van der Waals surface area contributed by atoms with Crippen molar-refractivity contribution in [1.82, 2.24) is 9.97 Å². The Balaban J connectivity index is 2.35. The summed E-state index contributed by atoms with van der Waals surface area (Å²) in [6.07, 6.45) is 1.53. The molecule has 102 valence electrons. The Morgan fingerprint density at radius 3 is 2.30 bits per heavy atom. The van der Waals surface area contributed by atoms with E-state index in [1.807, 2.05) is 19.2 Å². The molecular formula is C15H17N5. The summed E-state index contributed by atoms with van der Waals surface area (Å²) in [5, 5.41) is 15.2. The van der Waals surface area contributed by atoms with Gasteiger partial charge in [-0.25, -0.2) is 9.97 Å². The van der Waals surface area contributed by atoms with E-state index in [1.54, 1.807) is 12.1 Å². The summed E-state index contributed by atoms with van der Waals surface area (Å²) < 4.78 is 0. The molecule has 0 unspecified atom stereocenters. The van der Waals surface area contributed by atoms with Crippen molar-refractivity contribution in [2.24, 2.45) is 0 Å². The largest absolute Gasteiger partial charge is 0.373 e. The van der Waals surface area contributed by atoms with E-state index in [9.17, 15) is 0 Å². The van der Waals surface area contributed by atoms with E-state index in [0.29, 0.717) is 11.5 Å².